The number of hydrogen-bond donors (Lipinski definition) is 0. The summed E-state index contributed by atoms with van der Waals surface area (Å²) in [4.78, 5) is 4.36. The van der Waals surface area contributed by atoms with Gasteiger partial charge in [-0.15, -0.1) is 0 Å². The minimum absolute atomic E-state index is 0.352. The number of rotatable bonds is 1. The normalized spacial score (nSPS) is 21.2. The Kier molecular flexibility index (Phi) is 2.53. The molecule has 0 radical (unpaired) electrons. The predicted molar refractivity (Wildman–Crippen MR) is 73.4 cm³/mol. The van der Waals surface area contributed by atoms with E-state index in [1.807, 2.05) is 52.8 Å². The smallest absolute Gasteiger partial charge is 0.398 e. The summed E-state index contributed by atoms with van der Waals surface area (Å²) in [7, 11) is -0.421. The molecule has 0 bridgehead atoms. The molecule has 0 unspecified atom stereocenters. The molecule has 3 heterocycles. The number of hydrogen-bond acceptors (Lipinski definition) is 4. The average Bonchev–Trinajstić information content (AvgIpc) is 2.75. The third kappa shape index (κ3) is 1.86. The maximum atomic E-state index is 6.06. The van der Waals surface area contributed by atoms with Crippen molar-refractivity contribution < 1.29 is 9.31 Å². The Bertz CT molecular complexity index is 620. The lowest BCUT2D eigenvalue weighted by atomic mass is 9.84. The maximum Gasteiger partial charge on any atom is 0.514 e. The molecule has 0 aliphatic carbocycles. The van der Waals surface area contributed by atoms with Crippen LogP contribution in [0.5, 0.6) is 0 Å². The molecule has 1 aliphatic heterocycles. The Labute approximate surface area is 113 Å². The first-order chi connectivity index (χ1) is 8.80. The largest absolute Gasteiger partial charge is 0.514 e. The van der Waals surface area contributed by atoms with Crippen LogP contribution in [-0.2, 0) is 9.31 Å². The van der Waals surface area contributed by atoms with Gasteiger partial charge in [0.25, 0.3) is 0 Å². The molecule has 100 valence electrons. The molecule has 5 nitrogen and oxygen atoms in total. The van der Waals surface area contributed by atoms with Gasteiger partial charge in [0, 0.05) is 0 Å². The van der Waals surface area contributed by atoms with Crippen molar-refractivity contribution in [2.75, 3.05) is 0 Å². The highest BCUT2D eigenvalue weighted by Gasteiger charge is 2.52. The molecule has 19 heavy (non-hydrogen) atoms. The SMILES string of the molecule is Cc1nc2cccc(B3OC(C)(C)C(C)(C)O3)n2n1. The van der Waals surface area contributed by atoms with E-state index in [0.29, 0.717) is 0 Å². The van der Waals surface area contributed by atoms with Crippen LogP contribution in [0.2, 0.25) is 0 Å². The van der Waals surface area contributed by atoms with Crippen LogP contribution in [0, 0.1) is 6.92 Å². The molecule has 0 amide bonds. The fourth-order valence-corrected chi connectivity index (χ4v) is 2.17. The molecule has 3 rings (SSSR count). The molecule has 2 aromatic heterocycles. The predicted octanol–water partition coefficient (Wildman–Crippen LogP) is 1.34. The third-order valence-electron chi connectivity index (χ3n) is 3.99. The topological polar surface area (TPSA) is 48.7 Å². The minimum atomic E-state index is -0.421. The van der Waals surface area contributed by atoms with Crippen molar-refractivity contribution in [2.45, 2.75) is 45.8 Å². The molecule has 0 saturated carbocycles. The van der Waals surface area contributed by atoms with Gasteiger partial charge in [0.2, 0.25) is 0 Å². The summed E-state index contributed by atoms with van der Waals surface area (Å²) in [5, 5.41) is 4.40. The van der Waals surface area contributed by atoms with E-state index in [1.54, 1.807) is 4.52 Å². The van der Waals surface area contributed by atoms with Crippen LogP contribution < -0.4 is 5.59 Å². The average molecular weight is 259 g/mol. The van der Waals surface area contributed by atoms with E-state index in [4.69, 9.17) is 9.31 Å². The number of pyridine rings is 1. The van der Waals surface area contributed by atoms with E-state index in [1.165, 1.54) is 0 Å². The second-order valence-electron chi connectivity index (χ2n) is 5.97. The van der Waals surface area contributed by atoms with Gasteiger partial charge >= 0.3 is 7.12 Å². The minimum Gasteiger partial charge on any atom is -0.398 e. The van der Waals surface area contributed by atoms with Crippen molar-refractivity contribution in [1.82, 2.24) is 14.6 Å². The molecule has 0 N–H and O–H groups in total. The number of aryl methyl sites for hydroxylation is 1. The van der Waals surface area contributed by atoms with Crippen LogP contribution in [0.3, 0.4) is 0 Å². The Morgan fingerprint density at radius 2 is 1.74 bits per heavy atom. The molecule has 1 aliphatic rings. The summed E-state index contributed by atoms with van der Waals surface area (Å²) in [5.74, 6) is 0.740. The zero-order chi connectivity index (χ0) is 13.8. The van der Waals surface area contributed by atoms with E-state index in [2.05, 4.69) is 10.1 Å². The van der Waals surface area contributed by atoms with Crippen LogP contribution >= 0.6 is 0 Å². The fraction of sp³-hybridized carbons (Fsp3) is 0.538. The summed E-state index contributed by atoms with van der Waals surface area (Å²) in [6.07, 6.45) is 0. The van der Waals surface area contributed by atoms with E-state index < -0.39 is 7.12 Å². The van der Waals surface area contributed by atoms with Gasteiger partial charge in [-0.1, -0.05) is 6.07 Å². The van der Waals surface area contributed by atoms with E-state index in [0.717, 1.165) is 17.1 Å². The van der Waals surface area contributed by atoms with E-state index >= 15 is 0 Å². The number of fused-ring (bicyclic) bond motifs is 1. The fourth-order valence-electron chi connectivity index (χ4n) is 2.17. The van der Waals surface area contributed by atoms with Crippen LogP contribution in [0.1, 0.15) is 33.5 Å². The van der Waals surface area contributed by atoms with Gasteiger partial charge in [-0.3, -0.25) is 0 Å². The Hall–Kier alpha value is -1.40. The molecular weight excluding hydrogens is 241 g/mol. The Morgan fingerprint density at radius 3 is 2.37 bits per heavy atom. The molecule has 1 saturated heterocycles. The summed E-state index contributed by atoms with van der Waals surface area (Å²) < 4.78 is 13.9. The van der Waals surface area contributed by atoms with Gasteiger partial charge in [0.05, 0.1) is 16.8 Å². The second kappa shape index (κ2) is 3.80. The third-order valence-corrected chi connectivity index (χ3v) is 3.99. The summed E-state index contributed by atoms with van der Waals surface area (Å²) in [6.45, 7) is 10.0. The van der Waals surface area contributed by atoms with Gasteiger partial charge in [-0.25, -0.2) is 9.50 Å². The van der Waals surface area contributed by atoms with Crippen LogP contribution in [0.15, 0.2) is 18.2 Å². The lowest BCUT2D eigenvalue weighted by Crippen LogP contribution is -2.41. The molecule has 1 fully saturated rings. The van der Waals surface area contributed by atoms with Gasteiger partial charge in [0.1, 0.15) is 5.82 Å². The van der Waals surface area contributed by atoms with E-state index in [-0.39, 0.29) is 11.2 Å². The lowest BCUT2D eigenvalue weighted by molar-refractivity contribution is 0.00578. The monoisotopic (exact) mass is 259 g/mol. The van der Waals surface area contributed by atoms with Crippen LogP contribution in [-0.4, -0.2) is 32.9 Å². The summed E-state index contributed by atoms with van der Waals surface area (Å²) in [5.41, 5.74) is 0.978. The standard InChI is InChI=1S/C13H18BN3O2/c1-9-15-11-8-6-7-10(17(11)16-9)14-18-12(2,3)13(4,5)19-14/h6-8H,1-5H3. The first-order valence-corrected chi connectivity index (χ1v) is 6.48. The van der Waals surface area contributed by atoms with Gasteiger partial charge in [-0.05, 0) is 46.8 Å². The van der Waals surface area contributed by atoms with Crippen molar-refractivity contribution >= 4 is 18.4 Å². The molecule has 0 spiro atoms. The number of aromatic nitrogens is 3. The highest BCUT2D eigenvalue weighted by Crippen LogP contribution is 2.36. The Balaban J connectivity index is 2.07. The van der Waals surface area contributed by atoms with Gasteiger partial charge < -0.3 is 9.31 Å². The van der Waals surface area contributed by atoms with Gasteiger partial charge in [0.15, 0.2) is 5.65 Å². The lowest BCUT2D eigenvalue weighted by Gasteiger charge is -2.32. The number of nitrogens with zero attached hydrogens (tertiary/aromatic N) is 3. The van der Waals surface area contributed by atoms with Crippen molar-refractivity contribution in [2.24, 2.45) is 0 Å². The molecule has 2 aromatic rings. The molecular formula is C13H18BN3O2. The quantitative estimate of drug-likeness (QED) is 0.725. The zero-order valence-electron chi connectivity index (χ0n) is 12.0. The van der Waals surface area contributed by atoms with Crippen molar-refractivity contribution in [1.29, 1.82) is 0 Å². The van der Waals surface area contributed by atoms with Crippen LogP contribution in [0.4, 0.5) is 0 Å². The maximum absolute atomic E-state index is 6.06. The summed E-state index contributed by atoms with van der Waals surface area (Å²) in [6, 6.07) is 5.84. The first-order valence-electron chi connectivity index (χ1n) is 6.48. The van der Waals surface area contributed by atoms with Crippen LogP contribution in [0.25, 0.3) is 5.65 Å². The van der Waals surface area contributed by atoms with Gasteiger partial charge in [-0.2, -0.15) is 5.10 Å². The molecule has 6 heteroatoms. The van der Waals surface area contributed by atoms with Crippen molar-refractivity contribution in [3.05, 3.63) is 24.0 Å². The van der Waals surface area contributed by atoms with E-state index in [9.17, 15) is 0 Å². The molecule has 0 aromatic carbocycles. The van der Waals surface area contributed by atoms with Crippen molar-refractivity contribution in [3.63, 3.8) is 0 Å². The molecule has 0 atom stereocenters. The van der Waals surface area contributed by atoms with Crippen molar-refractivity contribution in [3.8, 4) is 0 Å². The Morgan fingerprint density at radius 1 is 1.11 bits per heavy atom. The zero-order valence-corrected chi connectivity index (χ0v) is 12.0. The first kappa shape index (κ1) is 12.6. The highest BCUT2D eigenvalue weighted by atomic mass is 16.7. The highest BCUT2D eigenvalue weighted by molar-refractivity contribution is 6.61. The summed E-state index contributed by atoms with van der Waals surface area (Å²) >= 11 is 0. The second-order valence-corrected chi connectivity index (χ2v) is 5.97.